The molecule has 0 radical (unpaired) electrons. The predicted octanol–water partition coefficient (Wildman–Crippen LogP) is 3.80. The fourth-order valence-corrected chi connectivity index (χ4v) is 2.88. The Hall–Kier alpha value is -1.83. The van der Waals surface area contributed by atoms with Gasteiger partial charge in [0, 0.05) is 5.25 Å². The van der Waals surface area contributed by atoms with Crippen LogP contribution in [0.25, 0.3) is 16.7 Å². The number of aromatic nitrogens is 4. The van der Waals surface area contributed by atoms with E-state index in [2.05, 4.69) is 15.2 Å². The molecule has 3 rings (SSSR count). The molecule has 0 amide bonds. The summed E-state index contributed by atoms with van der Waals surface area (Å²) in [5.74, 6) is -1.03. The van der Waals surface area contributed by atoms with Gasteiger partial charge in [-0.1, -0.05) is 37.7 Å². The number of rotatable bonds is 2. The van der Waals surface area contributed by atoms with Crippen molar-refractivity contribution >= 4 is 28.4 Å². The summed E-state index contributed by atoms with van der Waals surface area (Å²) in [6.45, 7) is 3.89. The highest BCUT2D eigenvalue weighted by molar-refractivity contribution is 8.00. The molecule has 0 fully saturated rings. The first-order chi connectivity index (χ1) is 9.88. The number of fused-ring (bicyclic) bond motifs is 3. The molecule has 0 saturated carbocycles. The van der Waals surface area contributed by atoms with E-state index in [0.717, 1.165) is 4.40 Å². The molecule has 2 heterocycles. The first kappa shape index (κ1) is 14.1. The summed E-state index contributed by atoms with van der Waals surface area (Å²) in [7, 11) is 0. The van der Waals surface area contributed by atoms with Gasteiger partial charge in [0.1, 0.15) is 5.03 Å². The third-order valence-electron chi connectivity index (χ3n) is 2.80. The van der Waals surface area contributed by atoms with Crippen molar-refractivity contribution < 1.29 is 13.2 Å². The number of halogens is 3. The van der Waals surface area contributed by atoms with Crippen molar-refractivity contribution in [3.63, 3.8) is 0 Å². The van der Waals surface area contributed by atoms with E-state index < -0.39 is 12.0 Å². The molecule has 4 nitrogen and oxygen atoms in total. The molecule has 0 N–H and O–H groups in total. The number of benzene rings is 1. The Labute approximate surface area is 122 Å². The highest BCUT2D eigenvalue weighted by atomic mass is 32.2. The van der Waals surface area contributed by atoms with Crippen LogP contribution in [-0.4, -0.2) is 24.8 Å². The van der Waals surface area contributed by atoms with E-state index in [9.17, 15) is 13.2 Å². The van der Waals surface area contributed by atoms with Gasteiger partial charge in [-0.3, -0.25) is 4.40 Å². The smallest absolute Gasteiger partial charge is 0.267 e. The van der Waals surface area contributed by atoms with Gasteiger partial charge in [-0.25, -0.2) is 4.98 Å². The second-order valence-electron chi connectivity index (χ2n) is 4.75. The fourth-order valence-electron chi connectivity index (χ4n) is 2.04. The number of alkyl halides is 3. The summed E-state index contributed by atoms with van der Waals surface area (Å²) in [4.78, 5) is 4.41. The molecule has 0 spiro atoms. The van der Waals surface area contributed by atoms with E-state index in [1.807, 2.05) is 13.8 Å². The van der Waals surface area contributed by atoms with Gasteiger partial charge in [0.15, 0.2) is 5.65 Å². The molecule has 0 unspecified atom stereocenters. The number of hydrogen-bond donors (Lipinski definition) is 0. The first-order valence-corrected chi connectivity index (χ1v) is 7.13. The average molecular weight is 312 g/mol. The van der Waals surface area contributed by atoms with Crippen LogP contribution in [0.15, 0.2) is 29.3 Å². The van der Waals surface area contributed by atoms with Gasteiger partial charge in [0.2, 0.25) is 5.82 Å². The van der Waals surface area contributed by atoms with E-state index in [1.165, 1.54) is 11.8 Å². The van der Waals surface area contributed by atoms with Gasteiger partial charge >= 0.3 is 6.18 Å². The van der Waals surface area contributed by atoms with Gasteiger partial charge in [-0.2, -0.15) is 13.2 Å². The Balaban J connectivity index is 2.42. The SMILES string of the molecule is CC(C)Sc1nc2ccccc2n2c(C(F)(F)F)nnc12. The van der Waals surface area contributed by atoms with Crippen LogP contribution in [0, 0.1) is 0 Å². The molecule has 0 bridgehead atoms. The normalized spacial score (nSPS) is 12.7. The molecule has 2 aromatic heterocycles. The Morgan fingerprint density at radius 2 is 1.86 bits per heavy atom. The number of nitrogens with zero attached hydrogens (tertiary/aromatic N) is 4. The average Bonchev–Trinajstić information content (AvgIpc) is 2.83. The zero-order valence-corrected chi connectivity index (χ0v) is 12.0. The molecule has 3 aromatic rings. The molecule has 0 atom stereocenters. The lowest BCUT2D eigenvalue weighted by Crippen LogP contribution is -2.11. The summed E-state index contributed by atoms with van der Waals surface area (Å²) in [6, 6.07) is 6.67. The monoisotopic (exact) mass is 312 g/mol. The lowest BCUT2D eigenvalue weighted by atomic mass is 10.3. The van der Waals surface area contributed by atoms with Gasteiger partial charge in [0.05, 0.1) is 11.0 Å². The van der Waals surface area contributed by atoms with E-state index in [4.69, 9.17) is 0 Å². The molecular formula is C13H11F3N4S. The largest absolute Gasteiger partial charge is 0.452 e. The summed E-state index contributed by atoms with van der Waals surface area (Å²) in [5, 5.41) is 7.64. The number of hydrogen-bond acceptors (Lipinski definition) is 4. The summed E-state index contributed by atoms with van der Waals surface area (Å²) < 4.78 is 40.4. The van der Waals surface area contributed by atoms with Crippen molar-refractivity contribution in [2.75, 3.05) is 0 Å². The highest BCUT2D eigenvalue weighted by Crippen LogP contribution is 2.33. The van der Waals surface area contributed by atoms with E-state index >= 15 is 0 Å². The van der Waals surface area contributed by atoms with Crippen molar-refractivity contribution in [3.8, 4) is 0 Å². The third kappa shape index (κ3) is 2.44. The van der Waals surface area contributed by atoms with Crippen LogP contribution in [0.3, 0.4) is 0 Å². The second-order valence-corrected chi connectivity index (χ2v) is 6.32. The quantitative estimate of drug-likeness (QED) is 0.675. The van der Waals surface area contributed by atoms with Crippen molar-refractivity contribution in [1.29, 1.82) is 0 Å². The van der Waals surface area contributed by atoms with Gasteiger partial charge in [0.25, 0.3) is 0 Å². The second kappa shape index (κ2) is 4.87. The van der Waals surface area contributed by atoms with E-state index in [0.29, 0.717) is 16.1 Å². The highest BCUT2D eigenvalue weighted by Gasteiger charge is 2.38. The molecule has 110 valence electrons. The first-order valence-electron chi connectivity index (χ1n) is 6.25. The lowest BCUT2D eigenvalue weighted by Gasteiger charge is -2.10. The maximum atomic E-state index is 13.1. The lowest BCUT2D eigenvalue weighted by molar-refractivity contribution is -0.145. The predicted molar refractivity (Wildman–Crippen MR) is 74.3 cm³/mol. The minimum absolute atomic E-state index is 0.139. The minimum Gasteiger partial charge on any atom is -0.267 e. The molecule has 1 aromatic carbocycles. The summed E-state index contributed by atoms with van der Waals surface area (Å²) >= 11 is 1.36. The summed E-state index contributed by atoms with van der Waals surface area (Å²) in [6.07, 6.45) is -4.57. The van der Waals surface area contributed by atoms with Crippen LogP contribution in [0.1, 0.15) is 19.7 Å². The van der Waals surface area contributed by atoms with Crippen LogP contribution >= 0.6 is 11.8 Å². The molecule has 8 heteroatoms. The molecule has 0 aliphatic rings. The van der Waals surface area contributed by atoms with Crippen LogP contribution < -0.4 is 0 Å². The maximum Gasteiger partial charge on any atom is 0.452 e. The Bertz CT molecular complexity index is 810. The Kier molecular flexibility index (Phi) is 3.27. The molecule has 0 aliphatic heterocycles. The molecular weight excluding hydrogens is 301 g/mol. The number of para-hydroxylation sites is 2. The standard InChI is InChI=1S/C13H11F3N4S/c1-7(2)21-11-10-18-19-12(13(14,15)16)20(10)9-6-4-3-5-8(9)17-11/h3-7H,1-2H3. The molecule has 0 aliphatic carbocycles. The zero-order valence-electron chi connectivity index (χ0n) is 11.2. The minimum atomic E-state index is -4.57. The van der Waals surface area contributed by atoms with Crippen molar-refractivity contribution in [3.05, 3.63) is 30.1 Å². The zero-order chi connectivity index (χ0) is 15.2. The van der Waals surface area contributed by atoms with Crippen molar-refractivity contribution in [2.24, 2.45) is 0 Å². The molecule has 0 saturated heterocycles. The molecule has 21 heavy (non-hydrogen) atoms. The summed E-state index contributed by atoms with van der Waals surface area (Å²) in [5.41, 5.74) is 0.969. The maximum absolute atomic E-state index is 13.1. The Morgan fingerprint density at radius 1 is 1.14 bits per heavy atom. The van der Waals surface area contributed by atoms with Gasteiger partial charge in [-0.15, -0.1) is 10.2 Å². The third-order valence-corrected chi connectivity index (χ3v) is 3.77. The topological polar surface area (TPSA) is 43.1 Å². The van der Waals surface area contributed by atoms with Crippen molar-refractivity contribution in [2.45, 2.75) is 30.3 Å². The van der Waals surface area contributed by atoms with Crippen LogP contribution in [-0.2, 0) is 6.18 Å². The van der Waals surface area contributed by atoms with Crippen molar-refractivity contribution in [1.82, 2.24) is 19.6 Å². The Morgan fingerprint density at radius 3 is 2.52 bits per heavy atom. The fraction of sp³-hybridized carbons (Fsp3) is 0.308. The van der Waals surface area contributed by atoms with Gasteiger partial charge < -0.3 is 0 Å². The van der Waals surface area contributed by atoms with E-state index in [-0.39, 0.29) is 10.9 Å². The van der Waals surface area contributed by atoms with Gasteiger partial charge in [-0.05, 0) is 12.1 Å². The van der Waals surface area contributed by atoms with Crippen LogP contribution in [0.4, 0.5) is 13.2 Å². The number of thioether (sulfide) groups is 1. The van der Waals surface area contributed by atoms with Crippen LogP contribution in [0.2, 0.25) is 0 Å². The van der Waals surface area contributed by atoms with E-state index in [1.54, 1.807) is 24.3 Å². The van der Waals surface area contributed by atoms with Crippen LogP contribution in [0.5, 0.6) is 0 Å².